The molecular formula is C13H11ClF3N3O. The van der Waals surface area contributed by atoms with Crippen molar-refractivity contribution in [2.45, 2.75) is 12.7 Å². The van der Waals surface area contributed by atoms with E-state index in [4.69, 9.17) is 16.3 Å². The van der Waals surface area contributed by atoms with Crippen LogP contribution < -0.4 is 10.1 Å². The first-order chi connectivity index (χ1) is 9.88. The summed E-state index contributed by atoms with van der Waals surface area (Å²) in [5.41, 5.74) is -0.223. The van der Waals surface area contributed by atoms with Crippen LogP contribution in [0, 0.1) is 0 Å². The minimum Gasteiger partial charge on any atom is -0.497 e. The van der Waals surface area contributed by atoms with Gasteiger partial charge in [-0.05, 0) is 29.3 Å². The minimum atomic E-state index is -4.57. The molecule has 0 radical (unpaired) electrons. The van der Waals surface area contributed by atoms with Crippen LogP contribution in [0.25, 0.3) is 0 Å². The van der Waals surface area contributed by atoms with E-state index in [0.29, 0.717) is 12.3 Å². The van der Waals surface area contributed by atoms with Gasteiger partial charge < -0.3 is 10.1 Å². The maximum atomic E-state index is 12.6. The van der Waals surface area contributed by atoms with Crippen LogP contribution in [0.1, 0.15) is 11.3 Å². The summed E-state index contributed by atoms with van der Waals surface area (Å²) in [5, 5.41) is 2.32. The second kappa shape index (κ2) is 6.17. The zero-order chi connectivity index (χ0) is 15.5. The van der Waals surface area contributed by atoms with Gasteiger partial charge in [0, 0.05) is 12.6 Å². The van der Waals surface area contributed by atoms with Gasteiger partial charge in [-0.15, -0.1) is 0 Å². The van der Waals surface area contributed by atoms with Crippen LogP contribution >= 0.6 is 11.6 Å². The summed E-state index contributed by atoms with van der Waals surface area (Å²) in [6.07, 6.45) is -4.57. The largest absolute Gasteiger partial charge is 0.497 e. The Bertz CT molecular complexity index is 617. The van der Waals surface area contributed by atoms with Crippen LogP contribution in [-0.2, 0) is 12.7 Å². The Morgan fingerprint density at radius 1 is 1.19 bits per heavy atom. The van der Waals surface area contributed by atoms with Gasteiger partial charge in [-0.2, -0.15) is 13.2 Å². The highest BCUT2D eigenvalue weighted by Crippen LogP contribution is 2.29. The van der Waals surface area contributed by atoms with Crippen LogP contribution in [0.4, 0.5) is 19.0 Å². The lowest BCUT2D eigenvalue weighted by atomic mass is 10.2. The van der Waals surface area contributed by atoms with Crippen molar-refractivity contribution in [2.75, 3.05) is 12.4 Å². The van der Waals surface area contributed by atoms with Crippen LogP contribution in [0.3, 0.4) is 0 Å². The Morgan fingerprint density at radius 3 is 2.43 bits per heavy atom. The molecule has 2 rings (SSSR count). The first-order valence-electron chi connectivity index (χ1n) is 5.87. The number of aromatic nitrogens is 2. The second-order valence-corrected chi connectivity index (χ2v) is 4.44. The van der Waals surface area contributed by atoms with Crippen molar-refractivity contribution in [2.24, 2.45) is 0 Å². The third-order valence-corrected chi connectivity index (χ3v) is 2.79. The molecule has 1 aromatic carbocycles. The van der Waals surface area contributed by atoms with E-state index in [1.165, 1.54) is 0 Å². The molecule has 0 aliphatic carbocycles. The van der Waals surface area contributed by atoms with Crippen molar-refractivity contribution in [3.8, 4) is 5.75 Å². The van der Waals surface area contributed by atoms with Crippen molar-refractivity contribution in [1.82, 2.24) is 9.97 Å². The number of hydrogen-bond donors (Lipinski definition) is 1. The fraction of sp³-hybridized carbons (Fsp3) is 0.231. The van der Waals surface area contributed by atoms with Crippen molar-refractivity contribution in [1.29, 1.82) is 0 Å². The van der Waals surface area contributed by atoms with Crippen LogP contribution in [0.2, 0.25) is 5.28 Å². The molecule has 21 heavy (non-hydrogen) atoms. The van der Waals surface area contributed by atoms with E-state index in [1.54, 1.807) is 31.4 Å². The molecule has 0 aliphatic rings. The fourth-order valence-electron chi connectivity index (χ4n) is 1.59. The Kier molecular flexibility index (Phi) is 4.52. The Labute approximate surface area is 123 Å². The maximum absolute atomic E-state index is 12.6. The molecule has 1 aromatic heterocycles. The average molecular weight is 318 g/mol. The fourth-order valence-corrected chi connectivity index (χ4v) is 1.77. The summed E-state index contributed by atoms with van der Waals surface area (Å²) in [6, 6.07) is 7.91. The van der Waals surface area contributed by atoms with Gasteiger partial charge in [-0.3, -0.25) is 0 Å². The molecule has 0 bridgehead atoms. The zero-order valence-corrected chi connectivity index (χ0v) is 11.7. The Morgan fingerprint density at radius 2 is 1.86 bits per heavy atom. The molecule has 0 saturated carbocycles. The number of alkyl halides is 3. The molecule has 0 aliphatic heterocycles. The summed E-state index contributed by atoms with van der Waals surface area (Å²) in [5.74, 6) is 0.710. The molecule has 2 aromatic rings. The quantitative estimate of drug-likeness (QED) is 0.872. The van der Waals surface area contributed by atoms with Gasteiger partial charge in [0.1, 0.15) is 11.6 Å². The Hall–Kier alpha value is -2.02. The monoisotopic (exact) mass is 317 g/mol. The maximum Gasteiger partial charge on any atom is 0.433 e. The first-order valence-corrected chi connectivity index (χ1v) is 6.25. The van der Waals surface area contributed by atoms with E-state index < -0.39 is 17.2 Å². The molecule has 1 N–H and O–H groups in total. The van der Waals surface area contributed by atoms with Crippen molar-refractivity contribution in [3.05, 3.63) is 46.9 Å². The van der Waals surface area contributed by atoms with Crippen molar-refractivity contribution >= 4 is 17.4 Å². The third-order valence-electron chi connectivity index (χ3n) is 2.62. The molecule has 8 heteroatoms. The standard InChI is InChI=1S/C13H11ClF3N3O/c1-21-9-4-2-8(3-5-9)7-18-11-6-10(13(15,16)17)19-12(14)20-11/h2-6H,7H2,1H3,(H,18,19,20). The molecule has 0 unspecified atom stereocenters. The van der Waals surface area contributed by atoms with Gasteiger partial charge >= 0.3 is 6.18 Å². The van der Waals surface area contributed by atoms with Crippen molar-refractivity contribution in [3.63, 3.8) is 0 Å². The minimum absolute atomic E-state index is 0.0122. The van der Waals surface area contributed by atoms with Gasteiger partial charge in [0.25, 0.3) is 0 Å². The third kappa shape index (κ3) is 4.22. The number of anilines is 1. The lowest BCUT2D eigenvalue weighted by Crippen LogP contribution is -2.11. The van der Waals surface area contributed by atoms with Gasteiger partial charge in [0.2, 0.25) is 5.28 Å². The number of nitrogens with zero attached hydrogens (tertiary/aromatic N) is 2. The zero-order valence-electron chi connectivity index (χ0n) is 10.9. The van der Waals surface area contributed by atoms with Gasteiger partial charge in [-0.25, -0.2) is 9.97 Å². The van der Waals surface area contributed by atoms with E-state index in [2.05, 4.69) is 15.3 Å². The summed E-state index contributed by atoms with van der Waals surface area (Å²) in [7, 11) is 1.55. The predicted octanol–water partition coefficient (Wildman–Crippen LogP) is 3.77. The van der Waals surface area contributed by atoms with E-state index in [-0.39, 0.29) is 5.82 Å². The second-order valence-electron chi connectivity index (χ2n) is 4.11. The van der Waals surface area contributed by atoms with Crippen LogP contribution in [0.15, 0.2) is 30.3 Å². The highest BCUT2D eigenvalue weighted by molar-refractivity contribution is 6.28. The number of halogens is 4. The van der Waals surface area contributed by atoms with Crippen LogP contribution in [-0.4, -0.2) is 17.1 Å². The number of methoxy groups -OCH3 is 1. The number of ether oxygens (including phenoxy) is 1. The highest BCUT2D eigenvalue weighted by Gasteiger charge is 2.33. The highest BCUT2D eigenvalue weighted by atomic mass is 35.5. The molecule has 0 amide bonds. The predicted molar refractivity (Wildman–Crippen MR) is 72.4 cm³/mol. The summed E-state index contributed by atoms with van der Waals surface area (Å²) in [6.45, 7) is 0.300. The smallest absolute Gasteiger partial charge is 0.433 e. The molecule has 112 valence electrons. The molecular weight excluding hydrogens is 307 g/mol. The molecule has 1 heterocycles. The van der Waals surface area contributed by atoms with Gasteiger partial charge in [0.05, 0.1) is 7.11 Å². The molecule has 0 fully saturated rings. The first kappa shape index (κ1) is 15.4. The Balaban J connectivity index is 2.10. The van der Waals surface area contributed by atoms with Gasteiger partial charge in [-0.1, -0.05) is 12.1 Å². The summed E-state index contributed by atoms with van der Waals surface area (Å²) in [4.78, 5) is 6.87. The van der Waals surface area contributed by atoms with E-state index >= 15 is 0 Å². The number of rotatable bonds is 4. The molecule has 0 atom stereocenters. The van der Waals surface area contributed by atoms with E-state index in [0.717, 1.165) is 11.6 Å². The molecule has 4 nitrogen and oxygen atoms in total. The normalized spacial score (nSPS) is 11.3. The number of nitrogens with one attached hydrogen (secondary N) is 1. The van der Waals surface area contributed by atoms with Crippen LogP contribution in [0.5, 0.6) is 5.75 Å². The molecule has 0 saturated heterocycles. The lowest BCUT2D eigenvalue weighted by molar-refractivity contribution is -0.141. The summed E-state index contributed by atoms with van der Waals surface area (Å²) >= 11 is 5.50. The SMILES string of the molecule is COc1ccc(CNc2cc(C(F)(F)F)nc(Cl)n2)cc1. The molecule has 0 spiro atoms. The number of benzene rings is 1. The average Bonchev–Trinajstić information content (AvgIpc) is 2.44. The van der Waals surface area contributed by atoms with Crippen molar-refractivity contribution < 1.29 is 17.9 Å². The number of hydrogen-bond acceptors (Lipinski definition) is 4. The topological polar surface area (TPSA) is 47.0 Å². The van der Waals surface area contributed by atoms with E-state index in [1.807, 2.05) is 0 Å². The van der Waals surface area contributed by atoms with Gasteiger partial charge in [0.15, 0.2) is 5.69 Å². The lowest BCUT2D eigenvalue weighted by Gasteiger charge is -2.10. The summed E-state index contributed by atoms with van der Waals surface area (Å²) < 4.78 is 42.8. The van der Waals surface area contributed by atoms with E-state index in [9.17, 15) is 13.2 Å².